The van der Waals surface area contributed by atoms with Crippen molar-refractivity contribution in [2.24, 2.45) is 5.92 Å². The Morgan fingerprint density at radius 3 is 3.27 bits per heavy atom. The van der Waals surface area contributed by atoms with Gasteiger partial charge in [-0.25, -0.2) is 0 Å². The second-order valence-corrected chi connectivity index (χ2v) is 4.30. The highest BCUT2D eigenvalue weighted by Crippen LogP contribution is 2.33. The molecule has 2 rings (SSSR count). The number of rotatable bonds is 2. The minimum Gasteiger partial charge on any atom is -0.356 e. The van der Waals surface area contributed by atoms with Crippen LogP contribution in [-0.4, -0.2) is 22.6 Å². The van der Waals surface area contributed by atoms with Crippen molar-refractivity contribution < 1.29 is 4.79 Å². The highest BCUT2D eigenvalue weighted by atomic mass is 16.1. The molecule has 15 heavy (non-hydrogen) atoms. The fourth-order valence-corrected chi connectivity index (χ4v) is 2.30. The summed E-state index contributed by atoms with van der Waals surface area (Å²) in [5, 5.41) is 9.86. The minimum absolute atomic E-state index is 0.0359. The number of aromatic amines is 1. The van der Waals surface area contributed by atoms with Crippen LogP contribution in [0.4, 0.5) is 0 Å². The topological polar surface area (TPSA) is 57.8 Å². The van der Waals surface area contributed by atoms with E-state index in [4.69, 9.17) is 0 Å². The molecule has 0 saturated carbocycles. The number of fused-ring (bicyclic) bond motifs is 1. The summed E-state index contributed by atoms with van der Waals surface area (Å²) in [7, 11) is 0. The second kappa shape index (κ2) is 4.04. The van der Waals surface area contributed by atoms with Gasteiger partial charge in [0.2, 0.25) is 5.91 Å². The fourth-order valence-electron chi connectivity index (χ4n) is 2.30. The molecule has 82 valence electrons. The van der Waals surface area contributed by atoms with Crippen LogP contribution in [0.25, 0.3) is 0 Å². The first-order valence-corrected chi connectivity index (χ1v) is 5.52. The lowest BCUT2D eigenvalue weighted by molar-refractivity contribution is -0.123. The van der Waals surface area contributed by atoms with Crippen molar-refractivity contribution in [3.8, 4) is 0 Å². The van der Waals surface area contributed by atoms with E-state index in [1.54, 1.807) is 0 Å². The lowest BCUT2D eigenvalue weighted by Crippen LogP contribution is -2.33. The Kier molecular flexibility index (Phi) is 2.75. The molecule has 2 atom stereocenters. The first-order valence-electron chi connectivity index (χ1n) is 5.52. The molecule has 0 radical (unpaired) electrons. The summed E-state index contributed by atoms with van der Waals surface area (Å²) < 4.78 is 0. The monoisotopic (exact) mass is 207 g/mol. The third-order valence-corrected chi connectivity index (χ3v) is 2.97. The van der Waals surface area contributed by atoms with Gasteiger partial charge in [-0.15, -0.1) is 0 Å². The van der Waals surface area contributed by atoms with Crippen molar-refractivity contribution in [3.05, 3.63) is 17.5 Å². The zero-order valence-corrected chi connectivity index (χ0v) is 9.21. The number of likely N-dealkylation sites (N-methyl/N-ethyl adjacent to an activating group) is 1. The molecule has 1 heterocycles. The maximum Gasteiger partial charge on any atom is 0.229 e. The number of hydrogen-bond donors (Lipinski definition) is 2. The van der Waals surface area contributed by atoms with E-state index >= 15 is 0 Å². The van der Waals surface area contributed by atoms with E-state index in [2.05, 4.69) is 22.4 Å². The highest BCUT2D eigenvalue weighted by Gasteiger charge is 2.30. The lowest BCUT2D eigenvalue weighted by atomic mass is 9.81. The maximum atomic E-state index is 11.8. The smallest absolute Gasteiger partial charge is 0.229 e. The largest absolute Gasteiger partial charge is 0.356 e. The molecule has 0 aromatic carbocycles. The summed E-state index contributed by atoms with van der Waals surface area (Å²) >= 11 is 0. The number of amides is 1. The molecular weight excluding hydrogens is 190 g/mol. The van der Waals surface area contributed by atoms with Gasteiger partial charge in [-0.1, -0.05) is 6.92 Å². The Labute approximate surface area is 89.5 Å². The van der Waals surface area contributed by atoms with E-state index in [1.807, 2.05) is 13.1 Å². The molecule has 0 fully saturated rings. The predicted molar refractivity (Wildman–Crippen MR) is 57.5 cm³/mol. The fraction of sp³-hybridized carbons (Fsp3) is 0.636. The standard InChI is InChI=1S/C11H17N3O/c1-3-12-11(15)9-5-7(2)4-8-6-13-14-10(8)9/h6-7,9H,3-5H2,1-2H3,(H,12,15)(H,13,14). The highest BCUT2D eigenvalue weighted by molar-refractivity contribution is 5.83. The summed E-state index contributed by atoms with van der Waals surface area (Å²) in [5.74, 6) is 0.642. The van der Waals surface area contributed by atoms with Gasteiger partial charge in [0.05, 0.1) is 17.8 Å². The molecule has 1 aromatic heterocycles. The molecule has 0 spiro atoms. The zero-order valence-electron chi connectivity index (χ0n) is 9.21. The first-order chi connectivity index (χ1) is 7.22. The SMILES string of the molecule is CCNC(=O)C1CC(C)Cc2cn[nH]c21. The van der Waals surface area contributed by atoms with Crippen LogP contribution in [0.5, 0.6) is 0 Å². The van der Waals surface area contributed by atoms with Crippen molar-refractivity contribution in [3.63, 3.8) is 0 Å². The molecule has 0 aliphatic heterocycles. The van der Waals surface area contributed by atoms with Crippen LogP contribution in [0, 0.1) is 5.92 Å². The molecule has 1 aromatic rings. The van der Waals surface area contributed by atoms with E-state index in [0.717, 1.165) is 18.5 Å². The van der Waals surface area contributed by atoms with Crippen molar-refractivity contribution in [2.45, 2.75) is 32.6 Å². The van der Waals surface area contributed by atoms with Crippen LogP contribution >= 0.6 is 0 Å². The quantitative estimate of drug-likeness (QED) is 0.766. The molecule has 0 saturated heterocycles. The Morgan fingerprint density at radius 1 is 1.73 bits per heavy atom. The number of nitrogens with one attached hydrogen (secondary N) is 2. The van der Waals surface area contributed by atoms with Crippen LogP contribution in [0.3, 0.4) is 0 Å². The first kappa shape index (κ1) is 10.2. The van der Waals surface area contributed by atoms with E-state index in [0.29, 0.717) is 12.5 Å². The number of nitrogens with zero attached hydrogens (tertiary/aromatic N) is 1. The molecule has 4 nitrogen and oxygen atoms in total. The van der Waals surface area contributed by atoms with Crippen LogP contribution in [-0.2, 0) is 11.2 Å². The van der Waals surface area contributed by atoms with E-state index in [-0.39, 0.29) is 11.8 Å². The van der Waals surface area contributed by atoms with Crippen LogP contribution in [0.1, 0.15) is 37.4 Å². The number of carbonyl (C=O) groups excluding carboxylic acids is 1. The van der Waals surface area contributed by atoms with Gasteiger partial charge in [0.1, 0.15) is 0 Å². The average Bonchev–Trinajstić information content (AvgIpc) is 2.64. The number of aromatic nitrogens is 2. The van der Waals surface area contributed by atoms with Crippen LogP contribution in [0.2, 0.25) is 0 Å². The van der Waals surface area contributed by atoms with Gasteiger partial charge < -0.3 is 5.32 Å². The summed E-state index contributed by atoms with van der Waals surface area (Å²) in [6.07, 6.45) is 3.79. The van der Waals surface area contributed by atoms with Crippen LogP contribution in [0.15, 0.2) is 6.20 Å². The zero-order chi connectivity index (χ0) is 10.8. The molecule has 0 bridgehead atoms. The molecule has 2 N–H and O–H groups in total. The molecular formula is C11H17N3O. The van der Waals surface area contributed by atoms with E-state index in [9.17, 15) is 4.79 Å². The third kappa shape index (κ3) is 1.89. The Balaban J connectivity index is 2.23. The van der Waals surface area contributed by atoms with Gasteiger partial charge in [-0.05, 0) is 31.2 Å². The summed E-state index contributed by atoms with van der Waals surface area (Å²) in [4.78, 5) is 11.8. The second-order valence-electron chi connectivity index (χ2n) is 4.30. The Hall–Kier alpha value is -1.32. The molecule has 1 amide bonds. The van der Waals surface area contributed by atoms with Gasteiger partial charge in [0, 0.05) is 6.54 Å². The average molecular weight is 207 g/mol. The van der Waals surface area contributed by atoms with Gasteiger partial charge in [-0.2, -0.15) is 5.10 Å². The van der Waals surface area contributed by atoms with Crippen LogP contribution < -0.4 is 5.32 Å². The minimum atomic E-state index is -0.0359. The third-order valence-electron chi connectivity index (χ3n) is 2.97. The van der Waals surface area contributed by atoms with Gasteiger partial charge >= 0.3 is 0 Å². The number of carbonyl (C=O) groups is 1. The summed E-state index contributed by atoms with van der Waals surface area (Å²) in [5.41, 5.74) is 2.21. The van der Waals surface area contributed by atoms with E-state index < -0.39 is 0 Å². The Morgan fingerprint density at radius 2 is 2.53 bits per heavy atom. The molecule has 4 heteroatoms. The number of hydrogen-bond acceptors (Lipinski definition) is 2. The molecule has 2 unspecified atom stereocenters. The van der Waals surface area contributed by atoms with Gasteiger partial charge in [-0.3, -0.25) is 9.89 Å². The normalized spacial score (nSPS) is 24.7. The molecule has 1 aliphatic rings. The maximum absolute atomic E-state index is 11.8. The molecule has 1 aliphatic carbocycles. The van der Waals surface area contributed by atoms with Crippen molar-refractivity contribution >= 4 is 5.91 Å². The number of H-pyrrole nitrogens is 1. The van der Waals surface area contributed by atoms with E-state index in [1.165, 1.54) is 5.56 Å². The van der Waals surface area contributed by atoms with Gasteiger partial charge in [0.15, 0.2) is 0 Å². The lowest BCUT2D eigenvalue weighted by Gasteiger charge is -2.25. The van der Waals surface area contributed by atoms with Crippen molar-refractivity contribution in [2.75, 3.05) is 6.54 Å². The van der Waals surface area contributed by atoms with Gasteiger partial charge in [0.25, 0.3) is 0 Å². The summed E-state index contributed by atoms with van der Waals surface area (Å²) in [6, 6.07) is 0. The predicted octanol–water partition coefficient (Wildman–Crippen LogP) is 1.21. The Bertz CT molecular complexity index is 358. The van der Waals surface area contributed by atoms with Crippen molar-refractivity contribution in [1.29, 1.82) is 0 Å². The van der Waals surface area contributed by atoms with Crippen molar-refractivity contribution in [1.82, 2.24) is 15.5 Å². The summed E-state index contributed by atoms with van der Waals surface area (Å²) in [6.45, 7) is 4.81.